The minimum atomic E-state index is -4.61. The molecule has 2 aromatic carbocycles. The van der Waals surface area contributed by atoms with Crippen LogP contribution in [-0.4, -0.2) is 31.5 Å². The Balaban J connectivity index is 1.95. The van der Waals surface area contributed by atoms with E-state index >= 15 is 0 Å². The van der Waals surface area contributed by atoms with Crippen molar-refractivity contribution in [1.29, 1.82) is 0 Å². The van der Waals surface area contributed by atoms with Gasteiger partial charge in [0.2, 0.25) is 0 Å². The quantitative estimate of drug-likeness (QED) is 0.780. The van der Waals surface area contributed by atoms with Gasteiger partial charge in [-0.3, -0.25) is 9.69 Å². The largest absolute Gasteiger partial charge is 0.496 e. The van der Waals surface area contributed by atoms with Gasteiger partial charge >= 0.3 is 6.18 Å². The molecule has 156 valence electrons. The van der Waals surface area contributed by atoms with E-state index in [4.69, 9.17) is 4.74 Å². The van der Waals surface area contributed by atoms with Crippen LogP contribution in [0.2, 0.25) is 0 Å². The summed E-state index contributed by atoms with van der Waals surface area (Å²) < 4.78 is 44.5. The van der Waals surface area contributed by atoms with E-state index in [0.29, 0.717) is 5.69 Å². The number of nitrogens with zero attached hydrogens (tertiary/aromatic N) is 1. The van der Waals surface area contributed by atoms with Gasteiger partial charge in [0.15, 0.2) is 0 Å². The number of hydrogen-bond acceptors (Lipinski definition) is 3. The lowest BCUT2D eigenvalue weighted by Crippen LogP contribution is -2.44. The van der Waals surface area contributed by atoms with Crippen molar-refractivity contribution >= 4 is 11.6 Å². The van der Waals surface area contributed by atoms with Crippen molar-refractivity contribution in [2.24, 2.45) is 0 Å². The summed E-state index contributed by atoms with van der Waals surface area (Å²) in [4.78, 5) is 14.9. The number of benzene rings is 2. The number of methoxy groups -OCH3 is 1. The highest BCUT2D eigenvalue weighted by Crippen LogP contribution is 2.38. The summed E-state index contributed by atoms with van der Waals surface area (Å²) >= 11 is 0. The van der Waals surface area contributed by atoms with E-state index in [2.05, 4.69) is 31.1 Å². The monoisotopic (exact) mass is 406 g/mol. The smallest absolute Gasteiger partial charge is 0.419 e. The van der Waals surface area contributed by atoms with Gasteiger partial charge in [-0.15, -0.1) is 0 Å². The van der Waals surface area contributed by atoms with Crippen molar-refractivity contribution in [2.45, 2.75) is 38.9 Å². The summed E-state index contributed by atoms with van der Waals surface area (Å²) in [5.41, 5.74) is 2.75. The van der Waals surface area contributed by atoms with Crippen molar-refractivity contribution in [3.8, 4) is 5.75 Å². The molecule has 0 aliphatic carbocycles. The number of carbonyl (C=O) groups is 1. The Bertz CT molecular complexity index is 952. The third-order valence-corrected chi connectivity index (χ3v) is 5.81. The van der Waals surface area contributed by atoms with Gasteiger partial charge in [-0.2, -0.15) is 13.2 Å². The van der Waals surface area contributed by atoms with Gasteiger partial charge in [-0.25, -0.2) is 0 Å². The van der Waals surface area contributed by atoms with Crippen LogP contribution in [0.3, 0.4) is 0 Å². The third kappa shape index (κ3) is 3.96. The molecule has 29 heavy (non-hydrogen) atoms. The topological polar surface area (TPSA) is 41.6 Å². The zero-order valence-electron chi connectivity index (χ0n) is 17.2. The fourth-order valence-corrected chi connectivity index (χ4v) is 3.81. The SMILES string of the molecule is COc1ccc(C(=O)Nc2cc(C)c3c(c2)C(C)(C)N(C)CC3)cc1C(F)(F)F. The van der Waals surface area contributed by atoms with Crippen molar-refractivity contribution < 1.29 is 22.7 Å². The molecular formula is C22H25F3N2O2. The zero-order valence-corrected chi connectivity index (χ0v) is 17.2. The number of aryl methyl sites for hydroxylation is 1. The van der Waals surface area contributed by atoms with E-state index in [1.54, 1.807) is 0 Å². The van der Waals surface area contributed by atoms with E-state index in [9.17, 15) is 18.0 Å². The molecule has 1 heterocycles. The van der Waals surface area contributed by atoms with Gasteiger partial charge in [0.05, 0.1) is 12.7 Å². The van der Waals surface area contributed by atoms with Crippen LogP contribution in [-0.2, 0) is 18.1 Å². The first-order chi connectivity index (χ1) is 13.4. The molecule has 1 aliphatic rings. The van der Waals surface area contributed by atoms with Crippen LogP contribution in [0, 0.1) is 6.92 Å². The third-order valence-electron chi connectivity index (χ3n) is 5.81. The molecule has 1 aliphatic heterocycles. The molecule has 7 heteroatoms. The fourth-order valence-electron chi connectivity index (χ4n) is 3.81. The average Bonchev–Trinajstić information content (AvgIpc) is 2.64. The number of likely N-dealkylation sites (N-methyl/N-ethyl adjacent to an activating group) is 1. The number of fused-ring (bicyclic) bond motifs is 1. The van der Waals surface area contributed by atoms with Gasteiger partial charge in [-0.05, 0) is 81.3 Å². The Morgan fingerprint density at radius 1 is 1.21 bits per heavy atom. The highest BCUT2D eigenvalue weighted by Gasteiger charge is 2.35. The molecule has 0 aromatic heterocycles. The van der Waals surface area contributed by atoms with E-state index in [1.165, 1.54) is 18.7 Å². The molecule has 0 saturated carbocycles. The van der Waals surface area contributed by atoms with Crippen molar-refractivity contribution in [3.63, 3.8) is 0 Å². The maximum Gasteiger partial charge on any atom is 0.419 e. The number of ether oxygens (including phenoxy) is 1. The summed E-state index contributed by atoms with van der Waals surface area (Å²) in [5, 5.41) is 2.75. The normalized spacial score (nSPS) is 16.3. The molecule has 3 rings (SSSR count). The van der Waals surface area contributed by atoms with Crippen molar-refractivity contribution in [3.05, 3.63) is 58.1 Å². The number of alkyl halides is 3. The molecule has 1 amide bonds. The number of nitrogens with one attached hydrogen (secondary N) is 1. The number of hydrogen-bond donors (Lipinski definition) is 1. The predicted molar refractivity (Wildman–Crippen MR) is 106 cm³/mol. The minimum absolute atomic E-state index is 0.0788. The first-order valence-corrected chi connectivity index (χ1v) is 9.37. The molecular weight excluding hydrogens is 381 g/mol. The Morgan fingerprint density at radius 3 is 2.52 bits per heavy atom. The van der Waals surface area contributed by atoms with E-state index < -0.39 is 17.6 Å². The van der Waals surface area contributed by atoms with Crippen LogP contribution in [0.25, 0.3) is 0 Å². The van der Waals surface area contributed by atoms with Gasteiger partial charge < -0.3 is 10.1 Å². The summed E-state index contributed by atoms with van der Waals surface area (Å²) in [7, 11) is 3.22. The van der Waals surface area contributed by atoms with Crippen LogP contribution in [0.1, 0.15) is 46.5 Å². The van der Waals surface area contributed by atoms with E-state index in [-0.39, 0.29) is 16.9 Å². The maximum atomic E-state index is 13.3. The summed E-state index contributed by atoms with van der Waals surface area (Å²) in [5.74, 6) is -0.914. The van der Waals surface area contributed by atoms with Crippen LogP contribution < -0.4 is 10.1 Å². The molecule has 0 bridgehead atoms. The Kier molecular flexibility index (Phi) is 5.38. The van der Waals surface area contributed by atoms with E-state index in [1.807, 2.05) is 19.1 Å². The number of rotatable bonds is 3. The van der Waals surface area contributed by atoms with Crippen LogP contribution in [0.15, 0.2) is 30.3 Å². The van der Waals surface area contributed by atoms with Gasteiger partial charge in [0.25, 0.3) is 5.91 Å². The second-order valence-corrected chi connectivity index (χ2v) is 7.92. The zero-order chi connectivity index (χ0) is 21.6. The lowest BCUT2D eigenvalue weighted by Gasteiger charge is -2.42. The molecule has 0 radical (unpaired) electrons. The Labute approximate surface area is 168 Å². The Hall–Kier alpha value is -2.54. The molecule has 0 fully saturated rings. The second-order valence-electron chi connectivity index (χ2n) is 7.92. The number of anilines is 1. The number of carbonyl (C=O) groups excluding carboxylic acids is 1. The average molecular weight is 406 g/mol. The van der Waals surface area contributed by atoms with Crippen LogP contribution in [0.4, 0.5) is 18.9 Å². The van der Waals surface area contributed by atoms with E-state index in [0.717, 1.165) is 36.2 Å². The second kappa shape index (κ2) is 7.37. The fraction of sp³-hybridized carbons (Fsp3) is 0.409. The molecule has 4 nitrogen and oxygen atoms in total. The lowest BCUT2D eigenvalue weighted by atomic mass is 9.81. The molecule has 0 unspecified atom stereocenters. The molecule has 0 spiro atoms. The molecule has 2 aromatic rings. The summed E-state index contributed by atoms with van der Waals surface area (Å²) in [6, 6.07) is 7.09. The molecule has 0 atom stereocenters. The molecule has 1 N–H and O–H groups in total. The molecule has 0 saturated heterocycles. The first kappa shape index (κ1) is 21.2. The predicted octanol–water partition coefficient (Wildman–Crippen LogP) is 5.00. The van der Waals surface area contributed by atoms with Crippen molar-refractivity contribution in [2.75, 3.05) is 26.0 Å². The summed E-state index contributed by atoms with van der Waals surface area (Å²) in [6.45, 7) is 7.17. The van der Waals surface area contributed by atoms with Gasteiger partial charge in [0.1, 0.15) is 5.75 Å². The van der Waals surface area contributed by atoms with Gasteiger partial charge in [-0.1, -0.05) is 0 Å². The first-order valence-electron chi connectivity index (χ1n) is 9.37. The lowest BCUT2D eigenvalue weighted by molar-refractivity contribution is -0.138. The maximum absolute atomic E-state index is 13.3. The highest BCUT2D eigenvalue weighted by molar-refractivity contribution is 6.04. The van der Waals surface area contributed by atoms with Crippen LogP contribution >= 0.6 is 0 Å². The van der Waals surface area contributed by atoms with Gasteiger partial charge in [0, 0.05) is 23.3 Å². The summed E-state index contributed by atoms with van der Waals surface area (Å²) in [6.07, 6.45) is -3.69. The highest BCUT2D eigenvalue weighted by atomic mass is 19.4. The number of amides is 1. The van der Waals surface area contributed by atoms with Crippen LogP contribution in [0.5, 0.6) is 5.75 Å². The minimum Gasteiger partial charge on any atom is -0.496 e. The standard InChI is InChI=1S/C22H25F3N2O2/c1-13-10-15(12-17-16(13)8-9-27(4)21(17,2)3)26-20(28)14-6-7-19(29-5)18(11-14)22(23,24)25/h6-7,10-12H,8-9H2,1-5H3,(H,26,28). The Morgan fingerprint density at radius 2 is 1.90 bits per heavy atom. The number of halogens is 3. The van der Waals surface area contributed by atoms with Crippen molar-refractivity contribution in [1.82, 2.24) is 4.90 Å².